The second kappa shape index (κ2) is 10.2. The van der Waals surface area contributed by atoms with Gasteiger partial charge in [0.25, 0.3) is 5.56 Å². The summed E-state index contributed by atoms with van der Waals surface area (Å²) in [6, 6.07) is 9.61. The van der Waals surface area contributed by atoms with Crippen LogP contribution in [0.5, 0.6) is 0 Å². The van der Waals surface area contributed by atoms with E-state index in [4.69, 9.17) is 5.73 Å². The van der Waals surface area contributed by atoms with E-state index in [1.807, 2.05) is 12.1 Å². The van der Waals surface area contributed by atoms with Crippen molar-refractivity contribution in [3.8, 4) is 0 Å². The predicted octanol–water partition coefficient (Wildman–Crippen LogP) is 0.705. The van der Waals surface area contributed by atoms with Gasteiger partial charge in [0.15, 0.2) is 0 Å². The van der Waals surface area contributed by atoms with Gasteiger partial charge in [0.05, 0.1) is 0 Å². The highest BCUT2D eigenvalue weighted by atomic mass is 16.2. The third kappa shape index (κ3) is 6.35. The van der Waals surface area contributed by atoms with Gasteiger partial charge in [-0.05, 0) is 57.6 Å². The van der Waals surface area contributed by atoms with E-state index in [0.29, 0.717) is 6.42 Å². The average molecular weight is 388 g/mol. The summed E-state index contributed by atoms with van der Waals surface area (Å²) in [5, 5.41) is 0. The summed E-state index contributed by atoms with van der Waals surface area (Å²) in [4.78, 5) is 28.6. The van der Waals surface area contributed by atoms with Crippen molar-refractivity contribution in [2.24, 2.45) is 14.1 Å². The Bertz CT molecular complexity index is 868. The smallest absolute Gasteiger partial charge is 0.330 e. The van der Waals surface area contributed by atoms with Crippen LogP contribution >= 0.6 is 0 Å². The highest BCUT2D eigenvalue weighted by Gasteiger charge is 2.09. The van der Waals surface area contributed by atoms with Crippen molar-refractivity contribution in [2.45, 2.75) is 19.3 Å². The first-order valence-corrected chi connectivity index (χ1v) is 9.75. The minimum atomic E-state index is -0.268. The molecule has 0 fully saturated rings. The monoisotopic (exact) mass is 387 g/mol. The Balaban J connectivity index is 1.95. The number of benzene rings is 1. The molecule has 0 aliphatic rings. The molecular weight excluding hydrogens is 354 g/mol. The third-order valence-electron chi connectivity index (χ3n) is 5.09. The van der Waals surface area contributed by atoms with E-state index < -0.39 is 0 Å². The maximum atomic E-state index is 12.1. The standard InChI is InChI=1S/C21H33N5O2/c1-23(2)14-15-26(13-11-17-7-9-18(22)10-8-17)12-5-6-19-16-20(27)25(4)21(28)24(19)3/h7-10,16H,5-6,11-15,22H2,1-4H3. The molecule has 0 unspecified atom stereocenters. The number of hydrogen-bond acceptors (Lipinski definition) is 5. The van der Waals surface area contributed by atoms with Crippen molar-refractivity contribution >= 4 is 5.69 Å². The maximum Gasteiger partial charge on any atom is 0.330 e. The summed E-state index contributed by atoms with van der Waals surface area (Å²) in [6.45, 7) is 3.86. The number of aromatic nitrogens is 2. The Morgan fingerprint density at radius 3 is 2.21 bits per heavy atom. The first-order chi connectivity index (χ1) is 13.3. The molecule has 0 saturated carbocycles. The molecule has 0 atom stereocenters. The summed E-state index contributed by atoms with van der Waals surface area (Å²) >= 11 is 0. The van der Waals surface area contributed by atoms with Crippen molar-refractivity contribution < 1.29 is 0 Å². The van der Waals surface area contributed by atoms with Gasteiger partial charge in [0, 0.05) is 51.2 Å². The van der Waals surface area contributed by atoms with Crippen LogP contribution < -0.4 is 17.0 Å². The van der Waals surface area contributed by atoms with E-state index in [-0.39, 0.29) is 11.2 Å². The molecule has 2 rings (SSSR count). The van der Waals surface area contributed by atoms with Crippen molar-refractivity contribution in [3.05, 3.63) is 62.4 Å². The minimum Gasteiger partial charge on any atom is -0.399 e. The number of anilines is 1. The van der Waals surface area contributed by atoms with E-state index in [1.54, 1.807) is 17.7 Å². The molecule has 7 nitrogen and oxygen atoms in total. The maximum absolute atomic E-state index is 12.1. The molecule has 0 aliphatic heterocycles. The van der Waals surface area contributed by atoms with Crippen LogP contribution in [0.25, 0.3) is 0 Å². The molecule has 0 aliphatic carbocycles. The van der Waals surface area contributed by atoms with Gasteiger partial charge in [-0.3, -0.25) is 9.36 Å². The fourth-order valence-electron chi connectivity index (χ4n) is 3.15. The second-order valence-electron chi connectivity index (χ2n) is 7.61. The van der Waals surface area contributed by atoms with Crippen LogP contribution in [-0.4, -0.2) is 59.2 Å². The normalized spacial score (nSPS) is 11.5. The topological polar surface area (TPSA) is 76.5 Å². The van der Waals surface area contributed by atoms with Crippen molar-refractivity contribution in [2.75, 3.05) is 46.0 Å². The van der Waals surface area contributed by atoms with Crippen LogP contribution in [-0.2, 0) is 26.9 Å². The minimum absolute atomic E-state index is 0.245. The predicted molar refractivity (Wildman–Crippen MR) is 115 cm³/mol. The average Bonchev–Trinajstić information content (AvgIpc) is 2.66. The molecule has 28 heavy (non-hydrogen) atoms. The van der Waals surface area contributed by atoms with E-state index in [0.717, 1.165) is 55.0 Å². The lowest BCUT2D eigenvalue weighted by molar-refractivity contribution is 0.240. The third-order valence-corrected chi connectivity index (χ3v) is 5.09. The Morgan fingerprint density at radius 2 is 1.57 bits per heavy atom. The fraction of sp³-hybridized carbons (Fsp3) is 0.524. The SMILES string of the molecule is CN(C)CCN(CCCc1cc(=O)n(C)c(=O)n1C)CCc1ccc(N)cc1. The molecule has 1 aromatic carbocycles. The fourth-order valence-corrected chi connectivity index (χ4v) is 3.15. The molecule has 1 aromatic heterocycles. The zero-order valence-electron chi connectivity index (χ0n) is 17.5. The summed E-state index contributed by atoms with van der Waals surface area (Å²) in [5.41, 5.74) is 8.10. The second-order valence-corrected chi connectivity index (χ2v) is 7.61. The zero-order valence-corrected chi connectivity index (χ0v) is 17.5. The van der Waals surface area contributed by atoms with Crippen molar-refractivity contribution in [1.82, 2.24) is 18.9 Å². The van der Waals surface area contributed by atoms with E-state index in [1.165, 1.54) is 12.6 Å². The highest BCUT2D eigenvalue weighted by Crippen LogP contribution is 2.08. The Labute approximate surface area is 167 Å². The summed E-state index contributed by atoms with van der Waals surface area (Å²) in [5.74, 6) is 0. The van der Waals surface area contributed by atoms with E-state index in [9.17, 15) is 9.59 Å². The first-order valence-electron chi connectivity index (χ1n) is 9.75. The molecule has 7 heteroatoms. The molecule has 2 N–H and O–H groups in total. The molecule has 0 saturated heterocycles. The first kappa shape index (κ1) is 21.9. The van der Waals surface area contributed by atoms with Crippen LogP contribution in [0.1, 0.15) is 17.7 Å². The molecule has 0 radical (unpaired) electrons. The molecule has 154 valence electrons. The van der Waals surface area contributed by atoms with Crippen LogP contribution in [0.2, 0.25) is 0 Å². The molecule has 0 amide bonds. The van der Waals surface area contributed by atoms with Gasteiger partial charge in [0.1, 0.15) is 0 Å². The van der Waals surface area contributed by atoms with Crippen LogP contribution in [0.15, 0.2) is 39.9 Å². The highest BCUT2D eigenvalue weighted by molar-refractivity contribution is 5.39. The number of hydrogen-bond donors (Lipinski definition) is 1. The lowest BCUT2D eigenvalue weighted by atomic mass is 10.1. The van der Waals surface area contributed by atoms with Gasteiger partial charge < -0.3 is 20.1 Å². The molecule has 0 bridgehead atoms. The number of rotatable bonds is 10. The van der Waals surface area contributed by atoms with Gasteiger partial charge in [-0.1, -0.05) is 12.1 Å². The Morgan fingerprint density at radius 1 is 0.893 bits per heavy atom. The van der Waals surface area contributed by atoms with Crippen LogP contribution in [0, 0.1) is 0 Å². The van der Waals surface area contributed by atoms with Gasteiger partial charge >= 0.3 is 5.69 Å². The lowest BCUT2D eigenvalue weighted by Gasteiger charge is -2.24. The Hall–Kier alpha value is -2.38. The largest absolute Gasteiger partial charge is 0.399 e. The van der Waals surface area contributed by atoms with Gasteiger partial charge in [0.2, 0.25) is 0 Å². The van der Waals surface area contributed by atoms with Gasteiger partial charge in [-0.2, -0.15) is 0 Å². The zero-order chi connectivity index (χ0) is 20.7. The number of nitrogens with two attached hydrogens (primary N) is 1. The summed E-state index contributed by atoms with van der Waals surface area (Å²) in [7, 11) is 7.39. The van der Waals surface area contributed by atoms with E-state index in [2.05, 4.69) is 36.0 Å². The lowest BCUT2D eigenvalue weighted by Crippen LogP contribution is -2.38. The van der Waals surface area contributed by atoms with E-state index >= 15 is 0 Å². The Kier molecular flexibility index (Phi) is 8.02. The molecule has 0 spiro atoms. The summed E-state index contributed by atoms with van der Waals surface area (Å²) in [6.07, 6.45) is 2.58. The van der Waals surface area contributed by atoms with Gasteiger partial charge in [-0.15, -0.1) is 0 Å². The number of nitrogens with zero attached hydrogens (tertiary/aromatic N) is 4. The molecular formula is C21H33N5O2. The number of nitrogen functional groups attached to an aromatic ring is 1. The molecule has 1 heterocycles. The quantitative estimate of drug-likeness (QED) is 0.608. The van der Waals surface area contributed by atoms with Crippen molar-refractivity contribution in [1.29, 1.82) is 0 Å². The van der Waals surface area contributed by atoms with Crippen LogP contribution in [0.4, 0.5) is 5.69 Å². The van der Waals surface area contributed by atoms with Crippen molar-refractivity contribution in [3.63, 3.8) is 0 Å². The number of aryl methyl sites for hydroxylation is 1. The number of likely N-dealkylation sites (N-methyl/N-ethyl adjacent to an activating group) is 1. The summed E-state index contributed by atoms with van der Waals surface area (Å²) < 4.78 is 2.71. The van der Waals surface area contributed by atoms with Crippen LogP contribution in [0.3, 0.4) is 0 Å². The van der Waals surface area contributed by atoms with Gasteiger partial charge in [-0.25, -0.2) is 4.79 Å². The molecule has 2 aromatic rings.